The van der Waals surface area contributed by atoms with E-state index in [4.69, 9.17) is 15.2 Å². The van der Waals surface area contributed by atoms with E-state index in [0.717, 1.165) is 0 Å². The van der Waals surface area contributed by atoms with E-state index in [2.05, 4.69) is 10.6 Å². The summed E-state index contributed by atoms with van der Waals surface area (Å²) in [5.41, 5.74) is 6.48. The summed E-state index contributed by atoms with van der Waals surface area (Å²) in [7, 11) is 0. The van der Waals surface area contributed by atoms with Crippen LogP contribution < -0.4 is 21.1 Å². The highest BCUT2D eigenvalue weighted by Crippen LogP contribution is 2.28. The lowest BCUT2D eigenvalue weighted by Crippen LogP contribution is -2.45. The smallest absolute Gasteiger partial charge is 0.338 e. The van der Waals surface area contributed by atoms with E-state index in [1.165, 1.54) is 0 Å². The SMILES string of the molecule is CCOC(=O)C1=C(C)NC(=O)N[C@@H]1c1ccc(OCC(N)=O)cc1. The molecular formula is C16H19N3O5. The van der Waals surface area contributed by atoms with Crippen LogP contribution in [0.25, 0.3) is 0 Å². The molecule has 1 aliphatic rings. The minimum absolute atomic E-state index is 0.226. The van der Waals surface area contributed by atoms with Gasteiger partial charge in [0.1, 0.15) is 5.75 Å². The molecule has 0 aromatic heterocycles. The molecule has 1 aromatic carbocycles. The maximum atomic E-state index is 12.2. The van der Waals surface area contributed by atoms with Crippen LogP contribution in [0.1, 0.15) is 25.5 Å². The topological polar surface area (TPSA) is 120 Å². The largest absolute Gasteiger partial charge is 0.484 e. The number of ether oxygens (including phenoxy) is 2. The first-order valence-electron chi connectivity index (χ1n) is 7.38. The molecule has 0 spiro atoms. The van der Waals surface area contributed by atoms with Gasteiger partial charge in [-0.25, -0.2) is 9.59 Å². The van der Waals surface area contributed by atoms with E-state index in [1.54, 1.807) is 38.1 Å². The molecular weight excluding hydrogens is 314 g/mol. The van der Waals surface area contributed by atoms with Gasteiger partial charge in [-0.1, -0.05) is 12.1 Å². The van der Waals surface area contributed by atoms with Crippen molar-refractivity contribution in [2.75, 3.05) is 13.2 Å². The second-order valence-electron chi connectivity index (χ2n) is 5.11. The lowest BCUT2D eigenvalue weighted by molar-refractivity contribution is -0.139. The van der Waals surface area contributed by atoms with Gasteiger partial charge < -0.3 is 25.8 Å². The number of carbonyl (C=O) groups excluding carboxylic acids is 3. The normalized spacial score (nSPS) is 16.9. The van der Waals surface area contributed by atoms with Crippen LogP contribution in [0, 0.1) is 0 Å². The van der Waals surface area contributed by atoms with E-state index >= 15 is 0 Å². The van der Waals surface area contributed by atoms with Crippen LogP contribution in [-0.2, 0) is 14.3 Å². The highest BCUT2D eigenvalue weighted by atomic mass is 16.5. The molecule has 0 bridgehead atoms. The molecule has 1 atom stereocenters. The van der Waals surface area contributed by atoms with Gasteiger partial charge in [-0.15, -0.1) is 0 Å². The van der Waals surface area contributed by atoms with Gasteiger partial charge in [-0.2, -0.15) is 0 Å². The van der Waals surface area contributed by atoms with E-state index < -0.39 is 23.9 Å². The van der Waals surface area contributed by atoms with Crippen molar-refractivity contribution < 1.29 is 23.9 Å². The molecule has 24 heavy (non-hydrogen) atoms. The highest BCUT2D eigenvalue weighted by molar-refractivity contribution is 5.95. The zero-order valence-electron chi connectivity index (χ0n) is 13.4. The van der Waals surface area contributed by atoms with Crippen molar-refractivity contribution in [2.24, 2.45) is 5.73 Å². The number of esters is 1. The van der Waals surface area contributed by atoms with Gasteiger partial charge in [-0.3, -0.25) is 4.79 Å². The zero-order valence-corrected chi connectivity index (χ0v) is 13.4. The van der Waals surface area contributed by atoms with E-state index in [1.807, 2.05) is 0 Å². The summed E-state index contributed by atoms with van der Waals surface area (Å²) in [6.45, 7) is 3.36. The molecule has 1 aromatic rings. The van der Waals surface area contributed by atoms with Gasteiger partial charge >= 0.3 is 12.0 Å². The third-order valence-corrected chi connectivity index (χ3v) is 3.36. The quantitative estimate of drug-likeness (QED) is 0.663. The Morgan fingerprint density at radius 1 is 1.25 bits per heavy atom. The molecule has 0 fully saturated rings. The van der Waals surface area contributed by atoms with E-state index in [-0.39, 0.29) is 13.2 Å². The number of hydrogen-bond acceptors (Lipinski definition) is 5. The number of rotatable bonds is 6. The van der Waals surface area contributed by atoms with Gasteiger partial charge in [0.05, 0.1) is 18.2 Å². The van der Waals surface area contributed by atoms with Crippen LogP contribution in [0.5, 0.6) is 5.75 Å². The molecule has 128 valence electrons. The molecule has 0 saturated carbocycles. The van der Waals surface area contributed by atoms with Gasteiger partial charge in [0, 0.05) is 5.70 Å². The van der Waals surface area contributed by atoms with Crippen LogP contribution in [0.15, 0.2) is 35.5 Å². The summed E-state index contributed by atoms with van der Waals surface area (Å²) in [6.07, 6.45) is 0. The number of nitrogens with one attached hydrogen (secondary N) is 2. The zero-order chi connectivity index (χ0) is 17.7. The minimum atomic E-state index is -0.636. The number of hydrogen-bond donors (Lipinski definition) is 3. The average molecular weight is 333 g/mol. The number of allylic oxidation sites excluding steroid dienone is 1. The van der Waals surface area contributed by atoms with Crippen LogP contribution in [-0.4, -0.2) is 31.1 Å². The molecule has 0 saturated heterocycles. The Bertz CT molecular complexity index is 681. The first-order valence-corrected chi connectivity index (χ1v) is 7.38. The summed E-state index contributed by atoms with van der Waals surface area (Å²) in [5.74, 6) is -0.620. The molecule has 3 amide bonds. The minimum Gasteiger partial charge on any atom is -0.484 e. The van der Waals surface area contributed by atoms with Gasteiger partial charge in [0.25, 0.3) is 5.91 Å². The molecule has 0 unspecified atom stereocenters. The summed E-state index contributed by atoms with van der Waals surface area (Å²) < 4.78 is 10.3. The third-order valence-electron chi connectivity index (χ3n) is 3.36. The second-order valence-corrected chi connectivity index (χ2v) is 5.11. The molecule has 8 nitrogen and oxygen atoms in total. The highest BCUT2D eigenvalue weighted by Gasteiger charge is 2.32. The summed E-state index contributed by atoms with van der Waals surface area (Å²) in [5, 5.41) is 5.26. The van der Waals surface area contributed by atoms with Gasteiger partial charge in [-0.05, 0) is 31.5 Å². The molecule has 0 aliphatic carbocycles. The Hall–Kier alpha value is -3.03. The first-order chi connectivity index (χ1) is 11.4. The predicted octanol–water partition coefficient (Wildman–Crippen LogP) is 0.742. The molecule has 2 rings (SSSR count). The van der Waals surface area contributed by atoms with Crippen molar-refractivity contribution in [1.29, 1.82) is 0 Å². The third kappa shape index (κ3) is 4.03. The van der Waals surface area contributed by atoms with Crippen LogP contribution in [0.3, 0.4) is 0 Å². The van der Waals surface area contributed by atoms with E-state index in [0.29, 0.717) is 22.6 Å². The van der Waals surface area contributed by atoms with Crippen molar-refractivity contribution >= 4 is 17.9 Å². The number of urea groups is 1. The summed E-state index contributed by atoms with van der Waals surface area (Å²) in [6, 6.07) is 5.61. The van der Waals surface area contributed by atoms with Crippen molar-refractivity contribution in [1.82, 2.24) is 10.6 Å². The Morgan fingerprint density at radius 3 is 2.50 bits per heavy atom. The van der Waals surface area contributed by atoms with Crippen molar-refractivity contribution in [2.45, 2.75) is 19.9 Å². The molecule has 0 radical (unpaired) electrons. The molecule has 1 heterocycles. The monoisotopic (exact) mass is 333 g/mol. The van der Waals surface area contributed by atoms with Crippen molar-refractivity contribution in [3.8, 4) is 5.75 Å². The second kappa shape index (κ2) is 7.49. The number of benzene rings is 1. The number of amides is 3. The van der Waals surface area contributed by atoms with Gasteiger partial charge in [0.15, 0.2) is 6.61 Å². The van der Waals surface area contributed by atoms with E-state index in [9.17, 15) is 14.4 Å². The van der Waals surface area contributed by atoms with Gasteiger partial charge in [0.2, 0.25) is 0 Å². The average Bonchev–Trinajstić information content (AvgIpc) is 2.52. The Balaban J connectivity index is 2.26. The van der Waals surface area contributed by atoms with Crippen molar-refractivity contribution in [3.63, 3.8) is 0 Å². The first kappa shape index (κ1) is 17.3. The van der Waals surface area contributed by atoms with Crippen LogP contribution in [0.2, 0.25) is 0 Å². The number of primary amides is 1. The standard InChI is InChI=1S/C16H19N3O5/c1-3-23-15(21)13-9(2)18-16(22)19-14(13)10-4-6-11(7-5-10)24-8-12(17)20/h4-7,14H,3,8H2,1-2H3,(H2,17,20)(H2,18,19,22)/t14-/m1/s1. The predicted molar refractivity (Wildman–Crippen MR) is 84.9 cm³/mol. The lowest BCUT2D eigenvalue weighted by Gasteiger charge is -2.28. The molecule has 8 heteroatoms. The fraction of sp³-hybridized carbons (Fsp3) is 0.312. The number of carbonyl (C=O) groups is 3. The Labute approximate surface area is 139 Å². The number of nitrogens with two attached hydrogens (primary N) is 1. The summed E-state index contributed by atoms with van der Waals surface area (Å²) in [4.78, 5) is 34.7. The maximum absolute atomic E-state index is 12.2. The Kier molecular flexibility index (Phi) is 5.41. The molecule has 4 N–H and O–H groups in total. The van der Waals surface area contributed by atoms with Crippen LogP contribution in [0.4, 0.5) is 4.79 Å². The van der Waals surface area contributed by atoms with Crippen LogP contribution >= 0.6 is 0 Å². The Morgan fingerprint density at radius 2 is 1.92 bits per heavy atom. The maximum Gasteiger partial charge on any atom is 0.338 e. The fourth-order valence-electron chi connectivity index (χ4n) is 2.33. The molecule has 1 aliphatic heterocycles. The van der Waals surface area contributed by atoms with Crippen molar-refractivity contribution in [3.05, 3.63) is 41.1 Å². The lowest BCUT2D eigenvalue weighted by atomic mass is 9.95. The summed E-state index contributed by atoms with van der Waals surface area (Å²) >= 11 is 0. The fourth-order valence-corrected chi connectivity index (χ4v) is 2.33.